The minimum Gasteiger partial charge on any atom is -0.311 e. The third-order valence-electron chi connectivity index (χ3n) is 1.58. The predicted octanol–water partition coefficient (Wildman–Crippen LogP) is 2.72. The predicted molar refractivity (Wildman–Crippen MR) is 57.3 cm³/mol. The van der Waals surface area contributed by atoms with Crippen LogP contribution in [0.1, 0.15) is 20.3 Å². The third-order valence-corrected chi connectivity index (χ3v) is 1.79. The van der Waals surface area contributed by atoms with Crippen LogP contribution in [0.15, 0.2) is 18.2 Å². The van der Waals surface area contributed by atoms with Crippen LogP contribution in [-0.4, -0.2) is 10.9 Å². The Morgan fingerprint density at radius 1 is 1.57 bits per heavy atom. The summed E-state index contributed by atoms with van der Waals surface area (Å²) in [6.07, 6.45) is 0.494. The number of halogens is 1. The molecule has 0 spiro atoms. The van der Waals surface area contributed by atoms with E-state index in [2.05, 4.69) is 10.3 Å². The van der Waals surface area contributed by atoms with Gasteiger partial charge < -0.3 is 5.32 Å². The number of carbonyl (C=O) groups excluding carboxylic acids is 1. The summed E-state index contributed by atoms with van der Waals surface area (Å²) in [5.74, 6) is 0.812. The summed E-state index contributed by atoms with van der Waals surface area (Å²) in [5, 5.41) is 3.06. The zero-order valence-electron chi connectivity index (χ0n) is 8.25. The summed E-state index contributed by atoms with van der Waals surface area (Å²) in [7, 11) is 0. The van der Waals surface area contributed by atoms with Crippen molar-refractivity contribution in [2.24, 2.45) is 5.92 Å². The number of carbonyl (C=O) groups is 1. The van der Waals surface area contributed by atoms with E-state index in [1.54, 1.807) is 18.2 Å². The van der Waals surface area contributed by atoms with Crippen LogP contribution in [0.4, 0.5) is 5.82 Å². The summed E-state index contributed by atoms with van der Waals surface area (Å²) < 4.78 is 0. The minimum absolute atomic E-state index is 0.0326. The molecule has 1 N–H and O–H groups in total. The number of anilines is 1. The van der Waals surface area contributed by atoms with Crippen LogP contribution < -0.4 is 5.32 Å². The molecule has 0 aromatic carbocycles. The van der Waals surface area contributed by atoms with Gasteiger partial charge in [-0.25, -0.2) is 4.98 Å². The van der Waals surface area contributed by atoms with Crippen LogP contribution in [0.5, 0.6) is 0 Å². The van der Waals surface area contributed by atoms with Crippen LogP contribution in [0.25, 0.3) is 0 Å². The number of nitrogens with zero attached hydrogens (tertiary/aromatic N) is 1. The molecule has 0 aliphatic heterocycles. The van der Waals surface area contributed by atoms with Gasteiger partial charge >= 0.3 is 0 Å². The van der Waals surface area contributed by atoms with Crippen LogP contribution in [-0.2, 0) is 4.79 Å². The molecule has 76 valence electrons. The maximum absolute atomic E-state index is 11.3. The van der Waals surface area contributed by atoms with E-state index in [-0.39, 0.29) is 5.91 Å². The second kappa shape index (κ2) is 4.96. The summed E-state index contributed by atoms with van der Waals surface area (Å²) in [6.45, 7) is 3.98. The fourth-order valence-electron chi connectivity index (χ4n) is 1.04. The molecule has 0 aliphatic rings. The third kappa shape index (κ3) is 3.75. The Morgan fingerprint density at radius 2 is 2.29 bits per heavy atom. The molecule has 0 saturated heterocycles. The molecule has 0 aliphatic carbocycles. The monoisotopic (exact) mass is 212 g/mol. The van der Waals surface area contributed by atoms with Gasteiger partial charge in [0.05, 0.1) is 0 Å². The lowest BCUT2D eigenvalue weighted by molar-refractivity contribution is -0.116. The van der Waals surface area contributed by atoms with E-state index in [1.807, 2.05) is 13.8 Å². The van der Waals surface area contributed by atoms with Crippen molar-refractivity contribution in [2.75, 3.05) is 5.32 Å². The first kappa shape index (κ1) is 11.0. The van der Waals surface area contributed by atoms with Gasteiger partial charge in [0.15, 0.2) is 0 Å². The Hall–Kier alpha value is -1.09. The van der Waals surface area contributed by atoms with Gasteiger partial charge in [-0.15, -0.1) is 0 Å². The number of aromatic nitrogens is 1. The molecule has 4 heteroatoms. The fraction of sp³-hybridized carbons (Fsp3) is 0.400. The molecular weight excluding hydrogens is 200 g/mol. The van der Waals surface area contributed by atoms with E-state index in [0.717, 1.165) is 0 Å². The molecule has 1 heterocycles. The minimum atomic E-state index is -0.0326. The molecule has 3 nitrogen and oxygen atoms in total. The first-order valence-electron chi connectivity index (χ1n) is 4.50. The molecule has 1 rings (SSSR count). The Kier molecular flexibility index (Phi) is 3.89. The molecule has 0 atom stereocenters. The van der Waals surface area contributed by atoms with Crippen molar-refractivity contribution in [2.45, 2.75) is 20.3 Å². The highest BCUT2D eigenvalue weighted by Crippen LogP contribution is 2.10. The van der Waals surface area contributed by atoms with Crippen molar-refractivity contribution in [3.63, 3.8) is 0 Å². The van der Waals surface area contributed by atoms with Gasteiger partial charge in [0, 0.05) is 6.42 Å². The van der Waals surface area contributed by atoms with E-state index in [1.165, 1.54) is 0 Å². The smallest absolute Gasteiger partial charge is 0.225 e. The number of rotatable bonds is 3. The largest absolute Gasteiger partial charge is 0.311 e. The maximum Gasteiger partial charge on any atom is 0.225 e. The lowest BCUT2D eigenvalue weighted by Crippen LogP contribution is -2.14. The first-order chi connectivity index (χ1) is 6.58. The molecule has 0 saturated carbocycles. The topological polar surface area (TPSA) is 42.0 Å². The lowest BCUT2D eigenvalue weighted by atomic mass is 10.1. The van der Waals surface area contributed by atoms with E-state index in [4.69, 9.17) is 11.6 Å². The molecule has 0 unspecified atom stereocenters. The molecule has 0 bridgehead atoms. The Balaban J connectivity index is 2.56. The van der Waals surface area contributed by atoms with Crippen molar-refractivity contribution < 1.29 is 4.79 Å². The second-order valence-electron chi connectivity index (χ2n) is 3.49. The van der Waals surface area contributed by atoms with E-state index in [9.17, 15) is 4.79 Å². The SMILES string of the molecule is CC(C)CC(=O)Nc1cccc(Cl)n1. The highest BCUT2D eigenvalue weighted by Gasteiger charge is 2.05. The zero-order chi connectivity index (χ0) is 10.6. The van der Waals surface area contributed by atoms with Crippen molar-refractivity contribution >= 4 is 23.3 Å². The van der Waals surface area contributed by atoms with Gasteiger partial charge in [0.1, 0.15) is 11.0 Å². The Bertz CT molecular complexity index is 326. The highest BCUT2D eigenvalue weighted by atomic mass is 35.5. The van der Waals surface area contributed by atoms with Gasteiger partial charge in [-0.05, 0) is 18.1 Å². The molecule has 0 radical (unpaired) electrons. The number of hydrogen-bond donors (Lipinski definition) is 1. The number of nitrogens with one attached hydrogen (secondary N) is 1. The molecule has 1 amide bonds. The Labute approximate surface area is 88.5 Å². The van der Waals surface area contributed by atoms with Gasteiger partial charge in [-0.2, -0.15) is 0 Å². The average Bonchev–Trinajstić information content (AvgIpc) is 2.01. The van der Waals surface area contributed by atoms with Gasteiger partial charge in [0.2, 0.25) is 5.91 Å². The van der Waals surface area contributed by atoms with Crippen molar-refractivity contribution in [3.05, 3.63) is 23.4 Å². The summed E-state index contributed by atoms with van der Waals surface area (Å²) in [5.41, 5.74) is 0. The fourth-order valence-corrected chi connectivity index (χ4v) is 1.21. The molecular formula is C10H13ClN2O. The lowest BCUT2D eigenvalue weighted by Gasteiger charge is -2.05. The molecule has 1 aromatic heterocycles. The van der Waals surface area contributed by atoms with Crippen LogP contribution in [0.3, 0.4) is 0 Å². The van der Waals surface area contributed by atoms with Gasteiger partial charge in [-0.3, -0.25) is 4.79 Å². The van der Waals surface area contributed by atoms with E-state index < -0.39 is 0 Å². The van der Waals surface area contributed by atoms with Gasteiger partial charge in [0.25, 0.3) is 0 Å². The molecule has 14 heavy (non-hydrogen) atoms. The number of amides is 1. The zero-order valence-corrected chi connectivity index (χ0v) is 9.01. The first-order valence-corrected chi connectivity index (χ1v) is 4.88. The highest BCUT2D eigenvalue weighted by molar-refractivity contribution is 6.29. The molecule has 0 fully saturated rings. The van der Waals surface area contributed by atoms with E-state index in [0.29, 0.717) is 23.3 Å². The van der Waals surface area contributed by atoms with Crippen molar-refractivity contribution in [1.29, 1.82) is 0 Å². The quantitative estimate of drug-likeness (QED) is 0.783. The summed E-state index contributed by atoms with van der Waals surface area (Å²) >= 11 is 5.67. The standard InChI is InChI=1S/C10H13ClN2O/c1-7(2)6-10(14)13-9-5-3-4-8(11)12-9/h3-5,7H,6H2,1-2H3,(H,12,13,14). The average molecular weight is 213 g/mol. The Morgan fingerprint density at radius 3 is 2.86 bits per heavy atom. The normalized spacial score (nSPS) is 10.3. The van der Waals surface area contributed by atoms with Crippen molar-refractivity contribution in [3.8, 4) is 0 Å². The van der Waals surface area contributed by atoms with E-state index >= 15 is 0 Å². The number of hydrogen-bond acceptors (Lipinski definition) is 2. The molecule has 1 aromatic rings. The second-order valence-corrected chi connectivity index (χ2v) is 3.88. The van der Waals surface area contributed by atoms with Crippen LogP contribution in [0.2, 0.25) is 5.15 Å². The van der Waals surface area contributed by atoms with Gasteiger partial charge in [-0.1, -0.05) is 31.5 Å². The number of pyridine rings is 1. The maximum atomic E-state index is 11.3. The summed E-state index contributed by atoms with van der Waals surface area (Å²) in [6, 6.07) is 5.13. The van der Waals surface area contributed by atoms with Crippen LogP contribution in [0, 0.1) is 5.92 Å². The van der Waals surface area contributed by atoms with Crippen LogP contribution >= 0.6 is 11.6 Å². The van der Waals surface area contributed by atoms with Crippen molar-refractivity contribution in [1.82, 2.24) is 4.98 Å². The summed E-state index contributed by atoms with van der Waals surface area (Å²) in [4.78, 5) is 15.3.